The van der Waals surface area contributed by atoms with Crippen LogP contribution in [-0.4, -0.2) is 0 Å². The standard InChI is InChI=1S/C12H18.2BrH.Zr/c1-9(2)12-7-10-5-3-4-6-11(10)8-12;;;/h7,9H,3-6,8H2,1-2H3;2*1H;/q;;;+2/p-2. The molecule has 0 saturated carbocycles. The molecule has 0 unspecified atom stereocenters. The zero-order chi connectivity index (χ0) is 11.3. The van der Waals surface area contributed by atoms with E-state index in [1.54, 1.807) is 16.7 Å². The second-order valence-corrected chi connectivity index (χ2v) is 15.8. The predicted molar refractivity (Wildman–Crippen MR) is 70.9 cm³/mol. The zero-order valence-corrected chi connectivity index (χ0v) is 15.1. The molecule has 0 heterocycles. The Kier molecular flexibility index (Phi) is 7.30. The van der Waals surface area contributed by atoms with Crippen molar-refractivity contribution in [3.8, 4) is 0 Å². The summed E-state index contributed by atoms with van der Waals surface area (Å²) < 4.78 is 0. The minimum absolute atomic E-state index is 0.145. The Morgan fingerprint density at radius 2 is 1.80 bits per heavy atom. The summed E-state index contributed by atoms with van der Waals surface area (Å²) in [5, 5.41) is 0. The normalized spacial score (nSPS) is 19.4. The molecule has 0 bridgehead atoms. The molecule has 0 atom stereocenters. The third-order valence-electron chi connectivity index (χ3n) is 3.15. The van der Waals surface area contributed by atoms with Gasteiger partial charge in [-0.25, -0.2) is 0 Å². The fraction of sp³-hybridized carbons (Fsp3) is 0.667. The van der Waals surface area contributed by atoms with E-state index < -0.39 is 0 Å². The molecule has 2 aliphatic rings. The van der Waals surface area contributed by atoms with E-state index in [2.05, 4.69) is 44.4 Å². The van der Waals surface area contributed by atoms with Gasteiger partial charge in [-0.1, -0.05) is 31.1 Å². The molecule has 0 radical (unpaired) electrons. The van der Waals surface area contributed by atoms with Crippen LogP contribution in [0.1, 0.15) is 46.0 Å². The van der Waals surface area contributed by atoms with Gasteiger partial charge in [-0.05, 0) is 43.6 Å². The first-order chi connectivity index (χ1) is 7.19. The minimum atomic E-state index is -0.145. The van der Waals surface area contributed by atoms with Crippen molar-refractivity contribution in [3.63, 3.8) is 0 Å². The number of rotatable bonds is 1. The van der Waals surface area contributed by atoms with Crippen molar-refractivity contribution in [1.29, 1.82) is 0 Å². The number of hydrogen-bond acceptors (Lipinski definition) is 0. The summed E-state index contributed by atoms with van der Waals surface area (Å²) in [5.41, 5.74) is 5.11. The van der Waals surface area contributed by atoms with Gasteiger partial charge in [0.1, 0.15) is 0 Å². The molecule has 2 rings (SSSR count). The Bertz CT molecular complexity index is 267. The molecule has 0 saturated heterocycles. The maximum atomic E-state index is 3.23. The molecule has 3 heteroatoms. The van der Waals surface area contributed by atoms with E-state index in [1.807, 2.05) is 0 Å². The van der Waals surface area contributed by atoms with E-state index in [4.69, 9.17) is 0 Å². The van der Waals surface area contributed by atoms with Gasteiger partial charge in [0.15, 0.2) is 0 Å². The van der Waals surface area contributed by atoms with Crippen LogP contribution in [0.15, 0.2) is 22.8 Å². The molecule has 0 spiro atoms. The molecular weight excluding hydrogens is 395 g/mol. The van der Waals surface area contributed by atoms with E-state index in [9.17, 15) is 0 Å². The number of halogens is 2. The molecule has 2 aliphatic carbocycles. The Hall–Kier alpha value is 1.32. The summed E-state index contributed by atoms with van der Waals surface area (Å²) in [6, 6.07) is 0. The molecule has 0 fully saturated rings. The third kappa shape index (κ3) is 4.60. The first-order valence-corrected chi connectivity index (χ1v) is 16.8. The van der Waals surface area contributed by atoms with Gasteiger partial charge >= 0.3 is 43.0 Å². The Morgan fingerprint density at radius 3 is 2.33 bits per heavy atom. The fourth-order valence-electron chi connectivity index (χ4n) is 2.26. The Morgan fingerprint density at radius 1 is 1.20 bits per heavy atom. The summed E-state index contributed by atoms with van der Waals surface area (Å²) in [4.78, 5) is 0. The molecule has 0 nitrogen and oxygen atoms in total. The van der Waals surface area contributed by atoms with Crippen LogP contribution in [-0.2, 0) is 18.5 Å². The van der Waals surface area contributed by atoms with Crippen LogP contribution < -0.4 is 0 Å². The van der Waals surface area contributed by atoms with Crippen molar-refractivity contribution >= 4 is 24.4 Å². The second kappa shape index (κ2) is 7.61. The van der Waals surface area contributed by atoms with Gasteiger partial charge in [0.05, 0.1) is 0 Å². The first kappa shape index (κ1) is 14.4. The van der Waals surface area contributed by atoms with Gasteiger partial charge in [0.25, 0.3) is 0 Å². The number of hydrogen-bond donors (Lipinski definition) is 0. The molecule has 0 N–H and O–H groups in total. The summed E-state index contributed by atoms with van der Waals surface area (Å²) in [7, 11) is 0. The van der Waals surface area contributed by atoms with E-state index in [0.29, 0.717) is 0 Å². The molecule has 15 heavy (non-hydrogen) atoms. The average Bonchev–Trinajstić information content (AvgIpc) is 2.62. The molecule has 84 valence electrons. The molecule has 0 aromatic heterocycles. The van der Waals surface area contributed by atoms with Gasteiger partial charge in [-0.3, -0.25) is 0 Å². The second-order valence-electron chi connectivity index (χ2n) is 4.46. The first-order valence-electron chi connectivity index (χ1n) is 5.56. The molecule has 0 aliphatic heterocycles. The van der Waals surface area contributed by atoms with Gasteiger partial charge < -0.3 is 0 Å². The number of allylic oxidation sites excluding steroid dienone is 4. The van der Waals surface area contributed by atoms with Gasteiger partial charge in [-0.15, -0.1) is 0 Å². The van der Waals surface area contributed by atoms with Crippen molar-refractivity contribution in [2.24, 2.45) is 5.92 Å². The average molecular weight is 413 g/mol. The van der Waals surface area contributed by atoms with E-state index in [1.165, 1.54) is 32.1 Å². The third-order valence-corrected chi connectivity index (χ3v) is 3.15. The van der Waals surface area contributed by atoms with Gasteiger partial charge in [-0.2, -0.15) is 0 Å². The maximum absolute atomic E-state index is 3.23. The van der Waals surface area contributed by atoms with Crippen LogP contribution in [0.4, 0.5) is 0 Å². The van der Waals surface area contributed by atoms with Gasteiger partial charge in [0, 0.05) is 0 Å². The SMILES string of the molecule is CC(C)C1=CC2=C(CCCC2)C1.[Br][Zr][Br]. The molecular formula is C12H18Br2Zr. The predicted octanol–water partition coefficient (Wildman–Crippen LogP) is 5.53. The Labute approximate surface area is 116 Å². The fourth-order valence-corrected chi connectivity index (χ4v) is 2.26. The molecule has 0 amide bonds. The van der Waals surface area contributed by atoms with Gasteiger partial charge in [0.2, 0.25) is 0 Å². The molecule has 0 aromatic rings. The quantitative estimate of drug-likeness (QED) is 0.530. The van der Waals surface area contributed by atoms with Crippen molar-refractivity contribution in [2.45, 2.75) is 46.0 Å². The zero-order valence-electron chi connectivity index (χ0n) is 9.45. The van der Waals surface area contributed by atoms with E-state index in [0.717, 1.165) is 5.92 Å². The topological polar surface area (TPSA) is 0 Å². The summed E-state index contributed by atoms with van der Waals surface area (Å²) in [6.45, 7) is 4.62. The summed E-state index contributed by atoms with van der Waals surface area (Å²) >= 11 is 6.32. The summed E-state index contributed by atoms with van der Waals surface area (Å²) in [6.07, 6.45) is 9.35. The van der Waals surface area contributed by atoms with Crippen LogP contribution in [0.2, 0.25) is 0 Å². The van der Waals surface area contributed by atoms with Crippen molar-refractivity contribution in [2.75, 3.05) is 0 Å². The molecule has 0 aromatic carbocycles. The van der Waals surface area contributed by atoms with Crippen LogP contribution >= 0.6 is 24.4 Å². The van der Waals surface area contributed by atoms with Crippen molar-refractivity contribution in [3.05, 3.63) is 22.8 Å². The Balaban J connectivity index is 0.000000337. The van der Waals surface area contributed by atoms with Crippen molar-refractivity contribution < 1.29 is 18.5 Å². The van der Waals surface area contributed by atoms with E-state index in [-0.39, 0.29) is 18.5 Å². The monoisotopic (exact) mass is 410 g/mol. The van der Waals surface area contributed by atoms with Crippen LogP contribution in [0.5, 0.6) is 0 Å². The van der Waals surface area contributed by atoms with E-state index >= 15 is 0 Å². The van der Waals surface area contributed by atoms with Crippen LogP contribution in [0.3, 0.4) is 0 Å². The summed E-state index contributed by atoms with van der Waals surface area (Å²) in [5.74, 6) is 0.760. The van der Waals surface area contributed by atoms with Crippen LogP contribution in [0, 0.1) is 5.92 Å². The van der Waals surface area contributed by atoms with Crippen molar-refractivity contribution in [1.82, 2.24) is 0 Å². The van der Waals surface area contributed by atoms with Crippen LogP contribution in [0.25, 0.3) is 0 Å².